The van der Waals surface area contributed by atoms with E-state index < -0.39 is 0 Å². The van der Waals surface area contributed by atoms with Crippen molar-refractivity contribution in [1.82, 2.24) is 28.9 Å². The first-order chi connectivity index (χ1) is 13.7. The van der Waals surface area contributed by atoms with Gasteiger partial charge in [0.15, 0.2) is 5.82 Å². The fourth-order valence-corrected chi connectivity index (χ4v) is 3.42. The van der Waals surface area contributed by atoms with E-state index in [1.807, 2.05) is 69.9 Å². The summed E-state index contributed by atoms with van der Waals surface area (Å²) in [5.41, 5.74) is 2.58. The topological polar surface area (TPSA) is 82.0 Å². The van der Waals surface area contributed by atoms with Gasteiger partial charge in [-0.25, -0.2) is 4.68 Å². The molecule has 0 saturated heterocycles. The van der Waals surface area contributed by atoms with Gasteiger partial charge in [-0.15, -0.1) is 10.2 Å². The summed E-state index contributed by atoms with van der Waals surface area (Å²) >= 11 is 0. The van der Waals surface area contributed by atoms with Crippen molar-refractivity contribution in [2.24, 2.45) is 7.05 Å². The third-order valence-corrected chi connectivity index (χ3v) is 4.79. The lowest BCUT2D eigenvalue weighted by atomic mass is 10.2. The molecule has 0 atom stereocenters. The maximum absolute atomic E-state index is 12.6. The first-order valence-electron chi connectivity index (χ1n) is 8.89. The van der Waals surface area contributed by atoms with Gasteiger partial charge in [-0.2, -0.15) is 5.10 Å². The second kappa shape index (κ2) is 6.34. The standard InChI is InChI=1S/C20H17N7O/c1-25-19(28)14-7-2-4-9-16(14)27-18(23-24-20(25)27)13-21-15-8-3-5-10-17(15)26-12-6-11-22-26/h2-12,21H,13H2,1H3. The van der Waals surface area contributed by atoms with Crippen LogP contribution < -0.4 is 10.9 Å². The Balaban J connectivity index is 1.59. The van der Waals surface area contributed by atoms with Crippen LogP contribution in [0.4, 0.5) is 5.69 Å². The Hall–Kier alpha value is -3.94. The number of fused-ring (bicyclic) bond motifs is 3. The van der Waals surface area contributed by atoms with E-state index in [9.17, 15) is 4.79 Å². The summed E-state index contributed by atoms with van der Waals surface area (Å²) < 4.78 is 5.25. The molecule has 28 heavy (non-hydrogen) atoms. The molecule has 3 aromatic heterocycles. The van der Waals surface area contributed by atoms with E-state index >= 15 is 0 Å². The van der Waals surface area contributed by atoms with E-state index in [0.29, 0.717) is 17.7 Å². The number of aromatic nitrogens is 6. The summed E-state index contributed by atoms with van der Waals surface area (Å²) in [4.78, 5) is 12.6. The van der Waals surface area contributed by atoms with Crippen molar-refractivity contribution in [2.45, 2.75) is 6.54 Å². The van der Waals surface area contributed by atoms with Gasteiger partial charge in [-0.3, -0.25) is 13.8 Å². The van der Waals surface area contributed by atoms with E-state index in [1.54, 1.807) is 13.2 Å². The summed E-state index contributed by atoms with van der Waals surface area (Å²) in [6, 6.07) is 17.3. The summed E-state index contributed by atoms with van der Waals surface area (Å²) in [6.45, 7) is 0.446. The van der Waals surface area contributed by atoms with Crippen molar-refractivity contribution in [3.8, 4) is 5.69 Å². The molecule has 8 heteroatoms. The van der Waals surface area contributed by atoms with Crippen LogP contribution in [0.25, 0.3) is 22.4 Å². The number of anilines is 1. The highest BCUT2D eigenvalue weighted by molar-refractivity contribution is 5.80. The highest BCUT2D eigenvalue weighted by Gasteiger charge is 2.14. The highest BCUT2D eigenvalue weighted by atomic mass is 16.1. The van der Waals surface area contributed by atoms with Gasteiger partial charge >= 0.3 is 0 Å². The summed E-state index contributed by atoms with van der Waals surface area (Å²) in [7, 11) is 1.71. The van der Waals surface area contributed by atoms with Crippen LogP contribution in [0.1, 0.15) is 5.82 Å². The molecule has 0 spiro atoms. The van der Waals surface area contributed by atoms with Crippen molar-refractivity contribution in [3.63, 3.8) is 0 Å². The molecular weight excluding hydrogens is 354 g/mol. The van der Waals surface area contributed by atoms with Gasteiger partial charge in [-0.1, -0.05) is 24.3 Å². The van der Waals surface area contributed by atoms with Crippen molar-refractivity contribution in [2.75, 3.05) is 5.32 Å². The number of nitrogens with one attached hydrogen (secondary N) is 1. The molecule has 0 aliphatic heterocycles. The zero-order valence-electron chi connectivity index (χ0n) is 15.1. The number of hydrogen-bond donors (Lipinski definition) is 1. The summed E-state index contributed by atoms with van der Waals surface area (Å²) in [5.74, 6) is 1.23. The molecular formula is C20H17N7O. The zero-order valence-corrected chi connectivity index (χ0v) is 15.1. The van der Waals surface area contributed by atoms with E-state index in [0.717, 1.165) is 22.7 Å². The Morgan fingerprint density at radius 3 is 2.68 bits per heavy atom. The van der Waals surface area contributed by atoms with Gasteiger partial charge in [0.25, 0.3) is 5.56 Å². The third kappa shape index (κ3) is 2.46. The minimum Gasteiger partial charge on any atom is -0.376 e. The normalized spacial score (nSPS) is 11.3. The average molecular weight is 371 g/mol. The van der Waals surface area contributed by atoms with E-state index in [-0.39, 0.29) is 5.56 Å². The SMILES string of the molecule is Cn1c(=O)c2ccccc2n2c(CNc3ccccc3-n3cccn3)nnc12. The number of para-hydroxylation sites is 3. The fourth-order valence-electron chi connectivity index (χ4n) is 3.42. The Bertz CT molecular complexity index is 1350. The molecule has 5 aromatic rings. The summed E-state index contributed by atoms with van der Waals surface area (Å²) in [6.07, 6.45) is 3.64. The van der Waals surface area contributed by atoms with Gasteiger partial charge in [-0.05, 0) is 30.3 Å². The van der Waals surface area contributed by atoms with Crippen molar-refractivity contribution in [1.29, 1.82) is 0 Å². The molecule has 0 aliphatic carbocycles. The smallest absolute Gasteiger partial charge is 0.262 e. The Morgan fingerprint density at radius 1 is 1.00 bits per heavy atom. The molecule has 0 fully saturated rings. The fraction of sp³-hybridized carbons (Fsp3) is 0.100. The second-order valence-electron chi connectivity index (χ2n) is 6.45. The lowest BCUT2D eigenvalue weighted by Crippen LogP contribution is -2.20. The molecule has 0 bridgehead atoms. The number of benzene rings is 2. The molecule has 1 N–H and O–H groups in total. The van der Waals surface area contributed by atoms with Crippen molar-refractivity contribution in [3.05, 3.63) is 83.2 Å². The second-order valence-corrected chi connectivity index (χ2v) is 6.45. The zero-order chi connectivity index (χ0) is 19.1. The Kier molecular flexibility index (Phi) is 3.68. The third-order valence-electron chi connectivity index (χ3n) is 4.79. The maximum Gasteiger partial charge on any atom is 0.262 e. The number of nitrogens with zero attached hydrogens (tertiary/aromatic N) is 6. The summed E-state index contributed by atoms with van der Waals surface area (Å²) in [5, 5.41) is 16.9. The van der Waals surface area contributed by atoms with Gasteiger partial charge in [0.1, 0.15) is 0 Å². The molecule has 0 radical (unpaired) electrons. The Morgan fingerprint density at radius 2 is 1.82 bits per heavy atom. The maximum atomic E-state index is 12.6. The molecule has 3 heterocycles. The van der Waals surface area contributed by atoms with Crippen LogP contribution in [0.15, 0.2) is 71.8 Å². The molecule has 0 unspecified atom stereocenters. The molecule has 0 aliphatic rings. The van der Waals surface area contributed by atoms with Crippen LogP contribution in [-0.2, 0) is 13.6 Å². The number of aryl methyl sites for hydroxylation is 1. The van der Waals surface area contributed by atoms with E-state index in [2.05, 4.69) is 20.6 Å². The van der Waals surface area contributed by atoms with Crippen LogP contribution in [0.2, 0.25) is 0 Å². The monoisotopic (exact) mass is 371 g/mol. The highest BCUT2D eigenvalue weighted by Crippen LogP contribution is 2.20. The van der Waals surface area contributed by atoms with Gasteiger partial charge in [0.05, 0.1) is 28.8 Å². The van der Waals surface area contributed by atoms with Gasteiger partial charge in [0, 0.05) is 19.4 Å². The predicted octanol–water partition coefficient (Wildman–Crippen LogP) is 2.38. The van der Waals surface area contributed by atoms with Crippen LogP contribution >= 0.6 is 0 Å². The lowest BCUT2D eigenvalue weighted by Gasteiger charge is -2.12. The molecule has 138 valence electrons. The van der Waals surface area contributed by atoms with E-state index in [1.165, 1.54) is 4.57 Å². The predicted molar refractivity (Wildman–Crippen MR) is 107 cm³/mol. The first-order valence-corrected chi connectivity index (χ1v) is 8.89. The van der Waals surface area contributed by atoms with Gasteiger partial charge in [0.2, 0.25) is 5.78 Å². The quantitative estimate of drug-likeness (QED) is 0.525. The van der Waals surface area contributed by atoms with Crippen molar-refractivity contribution < 1.29 is 0 Å². The largest absolute Gasteiger partial charge is 0.376 e. The minimum atomic E-state index is -0.0842. The van der Waals surface area contributed by atoms with Crippen LogP contribution in [0, 0.1) is 0 Å². The van der Waals surface area contributed by atoms with Gasteiger partial charge < -0.3 is 5.32 Å². The number of rotatable bonds is 4. The molecule has 0 amide bonds. The van der Waals surface area contributed by atoms with E-state index in [4.69, 9.17) is 0 Å². The molecule has 0 saturated carbocycles. The number of hydrogen-bond acceptors (Lipinski definition) is 5. The molecule has 5 rings (SSSR count). The Labute approximate surface area is 159 Å². The van der Waals surface area contributed by atoms with Crippen LogP contribution in [0.5, 0.6) is 0 Å². The van der Waals surface area contributed by atoms with Crippen LogP contribution in [0.3, 0.4) is 0 Å². The molecule has 8 nitrogen and oxygen atoms in total. The average Bonchev–Trinajstić information content (AvgIpc) is 3.41. The lowest BCUT2D eigenvalue weighted by molar-refractivity contribution is 0.854. The first kappa shape index (κ1) is 16.2. The minimum absolute atomic E-state index is 0.0842. The molecule has 2 aromatic carbocycles. The van der Waals surface area contributed by atoms with Crippen molar-refractivity contribution >= 4 is 22.4 Å². The van der Waals surface area contributed by atoms with Crippen LogP contribution in [-0.4, -0.2) is 28.9 Å².